The van der Waals surface area contributed by atoms with E-state index in [2.05, 4.69) is 5.32 Å². The molecule has 3 aromatic rings. The van der Waals surface area contributed by atoms with Crippen molar-refractivity contribution in [3.05, 3.63) is 66.2 Å². The molecule has 0 aliphatic rings. The van der Waals surface area contributed by atoms with Crippen molar-refractivity contribution in [2.45, 2.75) is 32.6 Å². The van der Waals surface area contributed by atoms with E-state index in [-0.39, 0.29) is 16.4 Å². The first-order valence-electron chi connectivity index (χ1n) is 11.6. The van der Waals surface area contributed by atoms with Crippen LogP contribution in [0.1, 0.15) is 33.3 Å². The van der Waals surface area contributed by atoms with Gasteiger partial charge in [0.25, 0.3) is 0 Å². The van der Waals surface area contributed by atoms with Crippen molar-refractivity contribution in [1.82, 2.24) is 4.31 Å². The third-order valence-electron chi connectivity index (χ3n) is 5.32. The quantitative estimate of drug-likeness (QED) is 0.251. The minimum Gasteiger partial charge on any atom is -0.427 e. The van der Waals surface area contributed by atoms with Crippen molar-refractivity contribution in [3.63, 3.8) is 0 Å². The Kier molecular flexibility index (Phi) is 8.80. The van der Waals surface area contributed by atoms with E-state index in [1.54, 1.807) is 50.2 Å². The molecule has 0 saturated carbocycles. The van der Waals surface area contributed by atoms with Gasteiger partial charge in [0.1, 0.15) is 11.5 Å². The Bertz CT molecular complexity index is 1440. The molecule has 0 atom stereocenters. The molecule has 194 valence electrons. The molecule has 0 aliphatic carbocycles. The largest absolute Gasteiger partial charge is 0.427 e. The molecular weight excluding hydrogens is 496 g/mol. The fourth-order valence-corrected chi connectivity index (χ4v) is 5.47. The van der Waals surface area contributed by atoms with Crippen molar-refractivity contribution in [2.24, 2.45) is 0 Å². The maximum absolute atomic E-state index is 13.2. The normalized spacial score (nSPS) is 11.6. The van der Waals surface area contributed by atoms with Gasteiger partial charge >= 0.3 is 11.9 Å². The number of nitrogens with one attached hydrogen (secondary N) is 1. The van der Waals surface area contributed by atoms with E-state index in [0.29, 0.717) is 35.1 Å². The summed E-state index contributed by atoms with van der Waals surface area (Å²) in [5, 5.41) is 3.85. The monoisotopic (exact) mass is 524 g/mol. The number of fused-ring (bicyclic) bond motifs is 1. The maximum Gasteiger partial charge on any atom is 0.308 e. The molecule has 0 aromatic heterocycles. The number of esters is 2. The molecule has 3 rings (SSSR count). The third-order valence-corrected chi connectivity index (χ3v) is 7.42. The molecule has 1 amide bonds. The number of ether oxygens (including phenoxy) is 2. The smallest absolute Gasteiger partial charge is 0.308 e. The van der Waals surface area contributed by atoms with Gasteiger partial charge < -0.3 is 14.8 Å². The van der Waals surface area contributed by atoms with Crippen molar-refractivity contribution in [1.29, 1.82) is 0 Å². The highest BCUT2D eigenvalue weighted by Crippen LogP contribution is 2.31. The molecule has 0 radical (unpaired) electrons. The van der Waals surface area contributed by atoms with Crippen LogP contribution in [0.25, 0.3) is 16.8 Å². The number of hydrogen-bond donors (Lipinski definition) is 1. The van der Waals surface area contributed by atoms with Crippen LogP contribution in [-0.4, -0.2) is 43.7 Å². The van der Waals surface area contributed by atoms with E-state index in [9.17, 15) is 22.8 Å². The lowest BCUT2D eigenvalue weighted by Crippen LogP contribution is -2.30. The van der Waals surface area contributed by atoms with E-state index in [4.69, 9.17) is 9.47 Å². The second kappa shape index (κ2) is 11.8. The lowest BCUT2D eigenvalue weighted by molar-refractivity contribution is -0.132. The molecule has 37 heavy (non-hydrogen) atoms. The van der Waals surface area contributed by atoms with Gasteiger partial charge in [-0.15, -0.1) is 0 Å². The minimum atomic E-state index is -3.71. The van der Waals surface area contributed by atoms with Crippen LogP contribution in [0.4, 0.5) is 5.69 Å². The minimum absolute atomic E-state index is 0.155. The zero-order chi connectivity index (χ0) is 27.2. The number of sulfonamides is 1. The van der Waals surface area contributed by atoms with Crippen LogP contribution in [-0.2, 0) is 24.4 Å². The van der Waals surface area contributed by atoms with Crippen LogP contribution in [0.3, 0.4) is 0 Å². The maximum atomic E-state index is 13.2. The molecule has 0 spiro atoms. The Labute approximate surface area is 215 Å². The number of carbonyl (C=O) groups excluding carboxylic acids is 3. The fraction of sp³-hybridized carbons (Fsp3) is 0.222. The van der Waals surface area contributed by atoms with Crippen LogP contribution in [0.2, 0.25) is 0 Å². The van der Waals surface area contributed by atoms with Gasteiger partial charge in [0.2, 0.25) is 15.9 Å². The van der Waals surface area contributed by atoms with Gasteiger partial charge in [-0.25, -0.2) is 8.42 Å². The van der Waals surface area contributed by atoms with Crippen LogP contribution in [0, 0.1) is 0 Å². The highest BCUT2D eigenvalue weighted by molar-refractivity contribution is 7.89. The van der Waals surface area contributed by atoms with Crippen LogP contribution in [0.5, 0.6) is 11.5 Å². The van der Waals surface area contributed by atoms with E-state index < -0.39 is 27.9 Å². The molecule has 0 unspecified atom stereocenters. The Morgan fingerprint density at radius 2 is 1.43 bits per heavy atom. The van der Waals surface area contributed by atoms with Gasteiger partial charge in [-0.1, -0.05) is 38.1 Å². The summed E-state index contributed by atoms with van der Waals surface area (Å²) in [6.07, 6.45) is 2.73. The van der Waals surface area contributed by atoms with E-state index >= 15 is 0 Å². The van der Waals surface area contributed by atoms with Gasteiger partial charge in [-0.2, -0.15) is 4.31 Å². The first kappa shape index (κ1) is 27.6. The molecule has 0 fully saturated rings. The fourth-order valence-electron chi connectivity index (χ4n) is 3.80. The van der Waals surface area contributed by atoms with Crippen molar-refractivity contribution >= 4 is 50.4 Å². The summed E-state index contributed by atoms with van der Waals surface area (Å²) in [4.78, 5) is 35.6. The average Bonchev–Trinajstić information content (AvgIpc) is 2.82. The Morgan fingerprint density at radius 1 is 0.865 bits per heavy atom. The van der Waals surface area contributed by atoms with Gasteiger partial charge in [0, 0.05) is 55.5 Å². The summed E-state index contributed by atoms with van der Waals surface area (Å²) in [5.74, 6) is -1.27. The lowest BCUT2D eigenvalue weighted by atomic mass is 10.1. The summed E-state index contributed by atoms with van der Waals surface area (Å²) >= 11 is 0. The van der Waals surface area contributed by atoms with Crippen molar-refractivity contribution in [3.8, 4) is 11.5 Å². The van der Waals surface area contributed by atoms with E-state index in [1.165, 1.54) is 48.5 Å². The molecule has 1 N–H and O–H groups in total. The average molecular weight is 525 g/mol. The summed E-state index contributed by atoms with van der Waals surface area (Å²) in [5.41, 5.74) is 0.897. The molecule has 0 bridgehead atoms. The number of rotatable bonds is 9. The van der Waals surface area contributed by atoms with E-state index in [0.717, 1.165) is 0 Å². The van der Waals surface area contributed by atoms with Crippen molar-refractivity contribution < 1.29 is 32.3 Å². The molecule has 0 aliphatic heterocycles. The van der Waals surface area contributed by atoms with Gasteiger partial charge in [0.15, 0.2) is 0 Å². The molecule has 10 heteroatoms. The first-order valence-corrected chi connectivity index (χ1v) is 13.0. The summed E-state index contributed by atoms with van der Waals surface area (Å²) in [6.45, 7) is 6.72. The summed E-state index contributed by atoms with van der Waals surface area (Å²) < 4.78 is 37.9. The Balaban J connectivity index is 1.91. The molecule has 9 nitrogen and oxygen atoms in total. The Morgan fingerprint density at radius 3 is 2.00 bits per heavy atom. The molecule has 0 saturated heterocycles. The Hall–Kier alpha value is -4.02. The summed E-state index contributed by atoms with van der Waals surface area (Å²) in [6, 6.07) is 14.4. The number of carbonyl (C=O) groups is 3. The van der Waals surface area contributed by atoms with E-state index in [1.807, 2.05) is 0 Å². The zero-order valence-corrected chi connectivity index (χ0v) is 21.8. The standard InChI is InChI=1S/C27H28N2O7S/c1-5-29(6-2)37(33,34)26-12-8-9-23-24(26)10-7-11-25(23)28-27(32)14-13-20-15-21(35-18(3)30)17-22(16-20)36-19(4)31/h7-17H,5-6H2,1-4H3,(H,28,32)/b14-13+. The van der Waals surface area contributed by atoms with Crippen LogP contribution >= 0.6 is 0 Å². The van der Waals surface area contributed by atoms with Gasteiger partial charge in [0.05, 0.1) is 4.90 Å². The highest BCUT2D eigenvalue weighted by Gasteiger charge is 2.24. The summed E-state index contributed by atoms with van der Waals surface area (Å²) in [7, 11) is -3.71. The second-order valence-electron chi connectivity index (χ2n) is 7.99. The van der Waals surface area contributed by atoms with Crippen molar-refractivity contribution in [2.75, 3.05) is 18.4 Å². The zero-order valence-electron chi connectivity index (χ0n) is 21.0. The number of benzene rings is 3. The number of hydrogen-bond acceptors (Lipinski definition) is 7. The molecule has 0 heterocycles. The topological polar surface area (TPSA) is 119 Å². The molecular formula is C27H28N2O7S. The first-order chi connectivity index (χ1) is 17.5. The van der Waals surface area contributed by atoms with Crippen LogP contribution in [0.15, 0.2) is 65.6 Å². The van der Waals surface area contributed by atoms with Crippen LogP contribution < -0.4 is 14.8 Å². The molecule has 3 aromatic carbocycles. The predicted octanol–water partition coefficient (Wildman–Crippen LogP) is 4.37. The number of anilines is 1. The predicted molar refractivity (Wildman–Crippen MR) is 141 cm³/mol. The lowest BCUT2D eigenvalue weighted by Gasteiger charge is -2.20. The number of amides is 1. The second-order valence-corrected chi connectivity index (χ2v) is 9.90. The third kappa shape index (κ3) is 6.81. The SMILES string of the molecule is CCN(CC)S(=O)(=O)c1cccc2c(NC(=O)/C=C/c3cc(OC(C)=O)cc(OC(C)=O)c3)cccc12. The van der Waals surface area contributed by atoms with Gasteiger partial charge in [-0.3, -0.25) is 14.4 Å². The number of nitrogens with zero attached hydrogens (tertiary/aromatic N) is 1. The highest BCUT2D eigenvalue weighted by atomic mass is 32.2. The van der Waals surface area contributed by atoms with Gasteiger partial charge in [-0.05, 0) is 35.9 Å².